The van der Waals surface area contributed by atoms with Crippen molar-refractivity contribution < 1.29 is 53.8 Å². The molecule has 11 nitrogen and oxygen atoms in total. The highest BCUT2D eigenvalue weighted by Gasteiger charge is 2.42. The molecule has 0 amide bonds. The van der Waals surface area contributed by atoms with E-state index in [1.54, 1.807) is 76.2 Å². The van der Waals surface area contributed by atoms with Crippen LogP contribution in [0.2, 0.25) is 5.02 Å². The maximum Gasteiger partial charge on any atom is 0.350 e. The first-order valence-corrected chi connectivity index (χ1v) is 19.4. The summed E-state index contributed by atoms with van der Waals surface area (Å²) in [4.78, 5) is 47.6. The lowest BCUT2D eigenvalue weighted by Gasteiger charge is -2.43. The lowest BCUT2D eigenvalue weighted by molar-refractivity contribution is -0.163. The first-order valence-electron chi connectivity index (χ1n) is 19.0. The summed E-state index contributed by atoms with van der Waals surface area (Å²) in [5.74, 6) is -1.38. The normalized spacial score (nSPS) is 22.2. The van der Waals surface area contributed by atoms with Gasteiger partial charge in [-0.15, -0.1) is 0 Å². The van der Waals surface area contributed by atoms with Gasteiger partial charge in [-0.05, 0) is 119 Å². The number of benzene rings is 2. The molecule has 0 unspecified atom stereocenters. The number of esters is 2. The minimum Gasteiger partial charge on any atom is -0.481 e. The van der Waals surface area contributed by atoms with Crippen molar-refractivity contribution in [2.75, 3.05) is 0 Å². The van der Waals surface area contributed by atoms with E-state index in [-0.39, 0.29) is 54.4 Å². The molecule has 2 aromatic carbocycles. The molecule has 2 aliphatic rings. The lowest BCUT2D eigenvalue weighted by atomic mass is 9.66. The van der Waals surface area contributed by atoms with Crippen LogP contribution in [-0.2, 0) is 23.9 Å². The van der Waals surface area contributed by atoms with E-state index in [0.29, 0.717) is 47.6 Å². The maximum atomic E-state index is 12.4. The average molecular weight is 785 g/mol. The minimum absolute atomic E-state index is 0.0156. The zero-order valence-electron chi connectivity index (χ0n) is 32.8. The summed E-state index contributed by atoms with van der Waals surface area (Å²) in [5, 5.41) is 39.6. The third-order valence-electron chi connectivity index (χ3n) is 9.87. The van der Waals surface area contributed by atoms with Crippen LogP contribution in [-0.4, -0.2) is 80.2 Å². The molecule has 0 saturated carbocycles. The number of ether oxygens (including phenoxy) is 3. The summed E-state index contributed by atoms with van der Waals surface area (Å²) < 4.78 is 16.7. The minimum atomic E-state index is -1.12. The van der Waals surface area contributed by atoms with Crippen LogP contribution in [0.3, 0.4) is 0 Å². The zero-order chi connectivity index (χ0) is 41.0. The molecule has 2 aromatic rings. The first-order chi connectivity index (χ1) is 25.8. The molecular formula is C43H57ClO11. The molecular weight excluding hydrogens is 728 g/mol. The van der Waals surface area contributed by atoms with Crippen molar-refractivity contribution in [3.8, 4) is 5.75 Å². The Balaban J connectivity index is 0.000000300. The Morgan fingerprint density at radius 2 is 1.55 bits per heavy atom. The monoisotopic (exact) mass is 784 g/mol. The highest BCUT2D eigenvalue weighted by Crippen LogP contribution is 2.44. The van der Waals surface area contributed by atoms with Gasteiger partial charge in [0.15, 0.2) is 11.4 Å². The van der Waals surface area contributed by atoms with Crippen molar-refractivity contribution in [3.63, 3.8) is 0 Å². The highest BCUT2D eigenvalue weighted by atomic mass is 35.5. The Morgan fingerprint density at radius 3 is 2.11 bits per heavy atom. The van der Waals surface area contributed by atoms with E-state index in [1.165, 1.54) is 0 Å². The Kier molecular flexibility index (Phi) is 17.1. The molecule has 8 atom stereocenters. The summed E-state index contributed by atoms with van der Waals surface area (Å²) in [6, 6.07) is 13.4. The summed E-state index contributed by atoms with van der Waals surface area (Å²) in [5.41, 5.74) is 0.918. The summed E-state index contributed by atoms with van der Waals surface area (Å²) >= 11 is 5.84. The quantitative estimate of drug-likeness (QED) is 0.101. The number of fused-ring (bicyclic) bond motifs is 1. The van der Waals surface area contributed by atoms with Gasteiger partial charge in [0.25, 0.3) is 0 Å². The second-order valence-corrected chi connectivity index (χ2v) is 15.7. The number of carboxylic acids is 1. The number of halogens is 1. The van der Waals surface area contributed by atoms with E-state index in [2.05, 4.69) is 13.0 Å². The van der Waals surface area contributed by atoms with Gasteiger partial charge in [0.05, 0.1) is 36.8 Å². The fraction of sp³-hybridized carbons (Fsp3) is 0.535. The van der Waals surface area contributed by atoms with Gasteiger partial charge in [0.1, 0.15) is 11.9 Å². The topological polar surface area (TPSA) is 177 Å². The van der Waals surface area contributed by atoms with Crippen LogP contribution in [0.15, 0.2) is 72.3 Å². The van der Waals surface area contributed by atoms with Gasteiger partial charge in [-0.1, -0.05) is 50.6 Å². The van der Waals surface area contributed by atoms with Crippen LogP contribution in [0.5, 0.6) is 5.75 Å². The number of ketones is 1. The standard InChI is InChI=1S/C23H36O7.C20H21ClO4/c1-4-13(2)23(29)30-20-11-17(25)9-15-6-5-14(3)19(22(15)20)8-7-16(24)10-18(26)12-21(27)28;1-13(2)24-19(23)20(3,4)25-17-11-7-15(8-12-17)18(22)14-5-9-16(21)10-6-14/h5-6,9,13-14,16-20,22,24-26H,4,7-8,10-12H2,1-3H3,(H,27,28);5-13H,1-4H3/t13-,14-,16+,17+,18+,19-,20-,22-;/m0./s1. The highest BCUT2D eigenvalue weighted by molar-refractivity contribution is 6.30. The Bertz CT molecular complexity index is 1650. The van der Waals surface area contributed by atoms with Crippen LogP contribution < -0.4 is 4.74 Å². The fourth-order valence-electron chi connectivity index (χ4n) is 6.65. The molecule has 0 aromatic heterocycles. The number of hydrogen-bond acceptors (Lipinski definition) is 10. The number of aliphatic carboxylic acids is 1. The van der Waals surface area contributed by atoms with E-state index in [9.17, 15) is 34.5 Å². The molecule has 0 heterocycles. The first kappa shape index (κ1) is 45.4. The largest absolute Gasteiger partial charge is 0.481 e. The number of hydrogen-bond donors (Lipinski definition) is 4. The van der Waals surface area contributed by atoms with E-state index in [0.717, 1.165) is 5.57 Å². The van der Waals surface area contributed by atoms with E-state index in [1.807, 2.05) is 26.0 Å². The molecule has 55 heavy (non-hydrogen) atoms. The van der Waals surface area contributed by atoms with Crippen LogP contribution in [0.4, 0.5) is 0 Å². The zero-order valence-corrected chi connectivity index (χ0v) is 33.6. The van der Waals surface area contributed by atoms with Crippen molar-refractivity contribution in [1.82, 2.24) is 0 Å². The molecule has 0 radical (unpaired) electrons. The molecule has 0 aliphatic heterocycles. The van der Waals surface area contributed by atoms with Gasteiger partial charge < -0.3 is 34.6 Å². The Hall–Kier alpha value is -4.03. The van der Waals surface area contributed by atoms with Crippen LogP contribution >= 0.6 is 11.6 Å². The lowest BCUT2D eigenvalue weighted by Crippen LogP contribution is -2.43. The number of rotatable bonds is 16. The SMILES string of the molecule is CC(C)OC(=O)C(C)(C)Oc1ccc(C(=O)c2ccc(Cl)cc2)cc1.CC[C@H](C)C(=O)O[C@H]1C[C@H](O)C=C2C=C[C@H](C)[C@H](CC[C@@H](O)C[C@@H](O)CC(=O)O)[C@H]21. The molecule has 2 aliphatic carbocycles. The number of carbonyl (C=O) groups excluding carboxylic acids is 3. The van der Waals surface area contributed by atoms with Crippen molar-refractivity contribution in [1.29, 1.82) is 0 Å². The van der Waals surface area contributed by atoms with Gasteiger partial charge in [-0.2, -0.15) is 0 Å². The fourth-order valence-corrected chi connectivity index (χ4v) is 6.78. The van der Waals surface area contributed by atoms with Crippen molar-refractivity contribution >= 4 is 35.3 Å². The number of carboxylic acid groups (broad SMARTS) is 1. The van der Waals surface area contributed by atoms with E-state index in [4.69, 9.17) is 30.9 Å². The molecule has 12 heteroatoms. The molecule has 0 saturated heterocycles. The van der Waals surface area contributed by atoms with Gasteiger partial charge in [0.2, 0.25) is 0 Å². The van der Waals surface area contributed by atoms with Crippen molar-refractivity contribution in [3.05, 3.63) is 88.5 Å². The van der Waals surface area contributed by atoms with E-state index >= 15 is 0 Å². The third kappa shape index (κ3) is 13.9. The summed E-state index contributed by atoms with van der Waals surface area (Å²) in [6.45, 7) is 12.7. The van der Waals surface area contributed by atoms with Gasteiger partial charge in [0, 0.05) is 28.5 Å². The predicted octanol–water partition coefficient (Wildman–Crippen LogP) is 7.12. The average Bonchev–Trinajstić information content (AvgIpc) is 3.10. The Morgan fingerprint density at radius 1 is 0.945 bits per heavy atom. The summed E-state index contributed by atoms with van der Waals surface area (Å²) in [7, 11) is 0. The van der Waals surface area contributed by atoms with Gasteiger partial charge >= 0.3 is 17.9 Å². The maximum absolute atomic E-state index is 12.4. The van der Waals surface area contributed by atoms with Crippen molar-refractivity contribution in [2.24, 2.45) is 23.7 Å². The van der Waals surface area contributed by atoms with Crippen molar-refractivity contribution in [2.45, 2.75) is 123 Å². The Labute approximate surface area is 329 Å². The predicted molar refractivity (Wildman–Crippen MR) is 209 cm³/mol. The number of allylic oxidation sites excluding steroid dienone is 2. The van der Waals surface area contributed by atoms with Crippen LogP contribution in [0, 0.1) is 23.7 Å². The molecule has 0 fully saturated rings. The second kappa shape index (κ2) is 20.8. The van der Waals surface area contributed by atoms with Crippen LogP contribution in [0.1, 0.15) is 103 Å². The molecule has 4 N–H and O–H groups in total. The third-order valence-corrected chi connectivity index (χ3v) is 10.1. The number of aliphatic hydroxyl groups is 3. The molecule has 302 valence electrons. The molecule has 4 rings (SSSR count). The second-order valence-electron chi connectivity index (χ2n) is 15.3. The number of carbonyl (C=O) groups is 4. The smallest absolute Gasteiger partial charge is 0.350 e. The van der Waals surface area contributed by atoms with Gasteiger partial charge in [-0.25, -0.2) is 4.79 Å². The summed E-state index contributed by atoms with van der Waals surface area (Å²) in [6.07, 6.45) is 4.42. The van der Waals surface area contributed by atoms with Crippen LogP contribution in [0.25, 0.3) is 0 Å². The molecule has 0 bridgehead atoms. The van der Waals surface area contributed by atoms with E-state index < -0.39 is 42.0 Å². The molecule has 0 spiro atoms. The van der Waals surface area contributed by atoms with Gasteiger partial charge in [-0.3, -0.25) is 14.4 Å². The number of aliphatic hydroxyl groups excluding tert-OH is 3.